The lowest BCUT2D eigenvalue weighted by Crippen LogP contribution is -2.38. The molecule has 90 valence electrons. The number of nitrogens with one attached hydrogen (secondary N) is 1. The summed E-state index contributed by atoms with van der Waals surface area (Å²) in [5, 5.41) is 3.63. The molecule has 2 bridgehead atoms. The minimum Gasteiger partial charge on any atom is -0.313 e. The molecule has 1 N–H and O–H groups in total. The van der Waals surface area contributed by atoms with E-state index in [4.69, 9.17) is 0 Å². The number of rotatable bonds is 3. The van der Waals surface area contributed by atoms with Crippen molar-refractivity contribution in [3.05, 3.63) is 11.6 Å². The minimum absolute atomic E-state index is 0.718. The van der Waals surface area contributed by atoms with Crippen molar-refractivity contribution in [2.24, 2.45) is 17.8 Å². The Hall–Kier alpha value is -0.300. The van der Waals surface area contributed by atoms with Gasteiger partial charge in [0.25, 0.3) is 0 Å². The summed E-state index contributed by atoms with van der Waals surface area (Å²) < 4.78 is 0. The van der Waals surface area contributed by atoms with E-state index in [9.17, 15) is 0 Å². The Kier molecular flexibility index (Phi) is 3.06. The van der Waals surface area contributed by atoms with Crippen molar-refractivity contribution >= 4 is 0 Å². The van der Waals surface area contributed by atoms with Crippen molar-refractivity contribution in [2.45, 2.75) is 57.4 Å². The van der Waals surface area contributed by atoms with E-state index >= 15 is 0 Å². The average molecular weight is 219 g/mol. The fourth-order valence-corrected chi connectivity index (χ4v) is 4.52. The molecule has 2 fully saturated rings. The highest BCUT2D eigenvalue weighted by atomic mass is 14.9. The number of hydrogen-bond donors (Lipinski definition) is 1. The van der Waals surface area contributed by atoms with Crippen LogP contribution < -0.4 is 5.32 Å². The summed E-state index contributed by atoms with van der Waals surface area (Å²) in [6.07, 6.45) is 14.1. The largest absolute Gasteiger partial charge is 0.313 e. The van der Waals surface area contributed by atoms with Crippen molar-refractivity contribution in [1.29, 1.82) is 0 Å². The highest BCUT2D eigenvalue weighted by Gasteiger charge is 2.43. The number of likely N-dealkylation sites (N-methyl/N-ethyl adjacent to an activating group) is 1. The van der Waals surface area contributed by atoms with Gasteiger partial charge in [-0.2, -0.15) is 0 Å². The Balaban J connectivity index is 1.73. The fourth-order valence-electron chi connectivity index (χ4n) is 4.52. The van der Waals surface area contributed by atoms with Crippen LogP contribution in [0, 0.1) is 17.8 Å². The Morgan fingerprint density at radius 1 is 1.25 bits per heavy atom. The second kappa shape index (κ2) is 4.52. The highest BCUT2D eigenvalue weighted by Crippen LogP contribution is 2.50. The van der Waals surface area contributed by atoms with Gasteiger partial charge in [-0.15, -0.1) is 0 Å². The Bertz CT molecular complexity index is 281. The van der Waals surface area contributed by atoms with Crippen molar-refractivity contribution in [3.8, 4) is 0 Å². The first-order valence-corrected chi connectivity index (χ1v) is 7.24. The van der Waals surface area contributed by atoms with E-state index in [1.54, 1.807) is 5.57 Å². The van der Waals surface area contributed by atoms with Crippen LogP contribution in [-0.2, 0) is 0 Å². The average Bonchev–Trinajstić information content (AvgIpc) is 2.94. The molecule has 0 aromatic carbocycles. The molecule has 0 aromatic rings. The van der Waals surface area contributed by atoms with E-state index in [0.717, 1.165) is 23.8 Å². The second-order valence-electron chi connectivity index (χ2n) is 6.13. The smallest absolute Gasteiger partial charge is 0.0307 e. The zero-order chi connectivity index (χ0) is 11.0. The molecule has 1 nitrogen and oxygen atoms in total. The van der Waals surface area contributed by atoms with Crippen LogP contribution in [0.2, 0.25) is 0 Å². The van der Waals surface area contributed by atoms with E-state index in [-0.39, 0.29) is 0 Å². The van der Waals surface area contributed by atoms with Gasteiger partial charge >= 0.3 is 0 Å². The van der Waals surface area contributed by atoms with Gasteiger partial charge in [0.15, 0.2) is 0 Å². The van der Waals surface area contributed by atoms with Crippen LogP contribution in [0.5, 0.6) is 0 Å². The van der Waals surface area contributed by atoms with E-state index in [1.165, 1.54) is 51.4 Å². The molecule has 16 heavy (non-hydrogen) atoms. The van der Waals surface area contributed by atoms with Gasteiger partial charge in [0, 0.05) is 6.04 Å². The minimum atomic E-state index is 0.718. The van der Waals surface area contributed by atoms with E-state index in [1.807, 2.05) is 0 Å². The zero-order valence-corrected chi connectivity index (χ0v) is 10.5. The van der Waals surface area contributed by atoms with Crippen LogP contribution in [0.25, 0.3) is 0 Å². The third-order valence-corrected chi connectivity index (χ3v) is 5.26. The number of allylic oxidation sites excluding steroid dienone is 1. The van der Waals surface area contributed by atoms with Gasteiger partial charge in [-0.05, 0) is 69.7 Å². The summed E-state index contributed by atoms with van der Waals surface area (Å²) in [6.45, 7) is 0. The molecule has 3 aliphatic rings. The molecule has 0 aliphatic heterocycles. The van der Waals surface area contributed by atoms with Gasteiger partial charge in [0.1, 0.15) is 0 Å². The summed E-state index contributed by atoms with van der Waals surface area (Å²) in [6, 6.07) is 0.718. The predicted molar refractivity (Wildman–Crippen MR) is 68.3 cm³/mol. The van der Waals surface area contributed by atoms with Crippen LogP contribution in [0.1, 0.15) is 51.4 Å². The first-order chi connectivity index (χ1) is 7.88. The molecule has 4 unspecified atom stereocenters. The molecule has 0 aromatic heterocycles. The van der Waals surface area contributed by atoms with Crippen LogP contribution in [-0.4, -0.2) is 13.1 Å². The highest BCUT2D eigenvalue weighted by molar-refractivity contribution is 5.17. The summed E-state index contributed by atoms with van der Waals surface area (Å²) in [5.74, 6) is 3.09. The summed E-state index contributed by atoms with van der Waals surface area (Å²) >= 11 is 0. The van der Waals surface area contributed by atoms with E-state index in [0.29, 0.717) is 0 Å². The number of fused-ring (bicyclic) bond motifs is 2. The number of hydrogen-bond acceptors (Lipinski definition) is 1. The molecule has 3 aliphatic carbocycles. The lowest BCUT2D eigenvalue weighted by Gasteiger charge is -2.33. The molecular formula is C15H25N. The standard InChI is InChI=1S/C15H25N/c1-16-15(12-5-3-2-4-6-12)14-10-11-7-8-13(14)9-11/h5,11,13-16H,2-4,6-10H2,1H3. The summed E-state index contributed by atoms with van der Waals surface area (Å²) in [7, 11) is 2.17. The SMILES string of the molecule is CNC(C1=CCCCC1)C1CC2CCC1C2. The second-order valence-corrected chi connectivity index (χ2v) is 6.13. The van der Waals surface area contributed by atoms with Gasteiger partial charge in [-0.3, -0.25) is 0 Å². The maximum Gasteiger partial charge on any atom is 0.0307 e. The molecule has 0 heterocycles. The van der Waals surface area contributed by atoms with Crippen LogP contribution in [0.15, 0.2) is 11.6 Å². The van der Waals surface area contributed by atoms with Gasteiger partial charge in [0.2, 0.25) is 0 Å². The quantitative estimate of drug-likeness (QED) is 0.716. The monoisotopic (exact) mass is 219 g/mol. The van der Waals surface area contributed by atoms with Crippen LogP contribution in [0.3, 0.4) is 0 Å². The maximum absolute atomic E-state index is 3.63. The van der Waals surface area contributed by atoms with Crippen molar-refractivity contribution in [1.82, 2.24) is 5.32 Å². The predicted octanol–water partition coefficient (Wildman–Crippen LogP) is 3.51. The third-order valence-electron chi connectivity index (χ3n) is 5.26. The molecule has 0 spiro atoms. The summed E-state index contributed by atoms with van der Waals surface area (Å²) in [5.41, 5.74) is 1.74. The normalized spacial score (nSPS) is 39.8. The third kappa shape index (κ3) is 1.84. The lowest BCUT2D eigenvalue weighted by atomic mass is 9.78. The van der Waals surface area contributed by atoms with E-state index in [2.05, 4.69) is 18.4 Å². The maximum atomic E-state index is 3.63. The molecule has 0 amide bonds. The van der Waals surface area contributed by atoms with Crippen LogP contribution in [0.4, 0.5) is 0 Å². The first kappa shape index (κ1) is 10.8. The zero-order valence-electron chi connectivity index (χ0n) is 10.5. The van der Waals surface area contributed by atoms with Crippen molar-refractivity contribution < 1.29 is 0 Å². The van der Waals surface area contributed by atoms with Gasteiger partial charge in [-0.25, -0.2) is 0 Å². The Labute approximate surface area is 99.7 Å². The molecule has 0 saturated heterocycles. The molecule has 4 atom stereocenters. The van der Waals surface area contributed by atoms with Crippen LogP contribution >= 0.6 is 0 Å². The topological polar surface area (TPSA) is 12.0 Å². The van der Waals surface area contributed by atoms with Crippen molar-refractivity contribution in [3.63, 3.8) is 0 Å². The summed E-state index contributed by atoms with van der Waals surface area (Å²) in [4.78, 5) is 0. The molecule has 3 rings (SSSR count). The lowest BCUT2D eigenvalue weighted by molar-refractivity contribution is 0.274. The van der Waals surface area contributed by atoms with E-state index < -0.39 is 0 Å². The molecule has 1 heteroatoms. The fraction of sp³-hybridized carbons (Fsp3) is 0.867. The first-order valence-electron chi connectivity index (χ1n) is 7.24. The molecule has 0 radical (unpaired) electrons. The van der Waals surface area contributed by atoms with Crippen molar-refractivity contribution in [2.75, 3.05) is 7.05 Å². The Morgan fingerprint density at radius 3 is 2.75 bits per heavy atom. The Morgan fingerprint density at radius 2 is 2.19 bits per heavy atom. The van der Waals surface area contributed by atoms with Gasteiger partial charge in [0.05, 0.1) is 0 Å². The molecule has 2 saturated carbocycles. The molecular weight excluding hydrogens is 194 g/mol. The van der Waals surface area contributed by atoms with Gasteiger partial charge < -0.3 is 5.32 Å². The van der Waals surface area contributed by atoms with Gasteiger partial charge in [-0.1, -0.05) is 18.1 Å².